The minimum atomic E-state index is -0.654. The number of likely N-dealkylation sites (tertiary alicyclic amines) is 1. The van der Waals surface area contributed by atoms with Crippen LogP contribution in [0.5, 0.6) is 0 Å². The Morgan fingerprint density at radius 3 is 2.94 bits per heavy atom. The summed E-state index contributed by atoms with van der Waals surface area (Å²) in [5, 5.41) is 9.04. The van der Waals surface area contributed by atoms with Crippen molar-refractivity contribution in [1.29, 1.82) is 0 Å². The predicted molar refractivity (Wildman–Crippen MR) is 74.1 cm³/mol. The van der Waals surface area contributed by atoms with Crippen LogP contribution in [0.4, 0.5) is 0 Å². The lowest BCUT2D eigenvalue weighted by atomic mass is 9.98. The second-order valence-corrected chi connectivity index (χ2v) is 4.90. The first-order valence-corrected chi connectivity index (χ1v) is 6.16. The van der Waals surface area contributed by atoms with E-state index in [0.29, 0.717) is 6.54 Å². The Bertz CT molecular complexity index is 409. The molecule has 1 unspecified atom stereocenters. The Balaban J connectivity index is 0.00000162. The Morgan fingerprint density at radius 2 is 2.28 bits per heavy atom. The number of nitrogens with zero attached hydrogens (tertiary/aromatic N) is 1. The first kappa shape index (κ1) is 15.0. The van der Waals surface area contributed by atoms with Crippen LogP contribution in [0.3, 0.4) is 0 Å². The highest BCUT2D eigenvalue weighted by atomic mass is 35.5. The van der Waals surface area contributed by atoms with Gasteiger partial charge in [0.25, 0.3) is 0 Å². The maximum absolute atomic E-state index is 11.0. The molecule has 0 aliphatic carbocycles. The Kier molecular flexibility index (Phi) is 5.63. The van der Waals surface area contributed by atoms with Crippen LogP contribution in [0.25, 0.3) is 0 Å². The van der Waals surface area contributed by atoms with Gasteiger partial charge in [0.2, 0.25) is 0 Å². The van der Waals surface area contributed by atoms with Crippen molar-refractivity contribution in [2.45, 2.75) is 26.3 Å². The number of hydrogen-bond donors (Lipinski definition) is 1. The number of aliphatic carboxylic acids is 1. The Labute approximate surface area is 114 Å². The van der Waals surface area contributed by atoms with Crippen LogP contribution in [0, 0.1) is 12.8 Å². The molecule has 4 heteroatoms. The van der Waals surface area contributed by atoms with E-state index in [2.05, 4.69) is 36.1 Å². The van der Waals surface area contributed by atoms with E-state index in [1.807, 2.05) is 0 Å². The zero-order valence-electron chi connectivity index (χ0n) is 10.6. The van der Waals surface area contributed by atoms with Crippen LogP contribution in [0.2, 0.25) is 0 Å². The van der Waals surface area contributed by atoms with Gasteiger partial charge in [0.05, 0.1) is 5.92 Å². The molecule has 1 atom stereocenters. The lowest BCUT2D eigenvalue weighted by Gasteiger charge is -2.30. The fraction of sp³-hybridized carbons (Fsp3) is 0.500. The zero-order chi connectivity index (χ0) is 12.3. The van der Waals surface area contributed by atoms with Gasteiger partial charge in [-0.25, -0.2) is 0 Å². The van der Waals surface area contributed by atoms with Crippen LogP contribution in [0.1, 0.15) is 24.0 Å². The molecular weight excluding hydrogens is 250 g/mol. The molecule has 1 fully saturated rings. The van der Waals surface area contributed by atoms with Crippen molar-refractivity contribution in [1.82, 2.24) is 4.90 Å². The SMILES string of the molecule is Cc1cccc(CN2CCCC(C(=O)O)C2)c1.Cl. The van der Waals surface area contributed by atoms with Gasteiger partial charge < -0.3 is 5.11 Å². The molecule has 0 bridgehead atoms. The first-order valence-electron chi connectivity index (χ1n) is 6.16. The summed E-state index contributed by atoms with van der Waals surface area (Å²) in [6.45, 7) is 4.65. The largest absolute Gasteiger partial charge is 0.481 e. The molecule has 1 heterocycles. The fourth-order valence-corrected chi connectivity index (χ4v) is 2.47. The molecule has 0 amide bonds. The normalized spacial score (nSPS) is 20.2. The van der Waals surface area contributed by atoms with Crippen molar-refractivity contribution in [3.05, 3.63) is 35.4 Å². The van der Waals surface area contributed by atoms with E-state index in [-0.39, 0.29) is 18.3 Å². The van der Waals surface area contributed by atoms with Gasteiger partial charge in [0.15, 0.2) is 0 Å². The Morgan fingerprint density at radius 1 is 1.50 bits per heavy atom. The molecule has 2 rings (SSSR count). The van der Waals surface area contributed by atoms with Crippen LogP contribution >= 0.6 is 12.4 Å². The maximum atomic E-state index is 11.0. The summed E-state index contributed by atoms with van der Waals surface area (Å²) >= 11 is 0. The highest BCUT2D eigenvalue weighted by molar-refractivity contribution is 5.85. The summed E-state index contributed by atoms with van der Waals surface area (Å²) in [6.07, 6.45) is 1.81. The molecule has 1 aliphatic heterocycles. The minimum Gasteiger partial charge on any atom is -0.481 e. The molecular formula is C14H20ClNO2. The summed E-state index contributed by atoms with van der Waals surface area (Å²) in [6, 6.07) is 8.42. The molecule has 0 spiro atoms. The smallest absolute Gasteiger partial charge is 0.307 e. The number of piperidine rings is 1. The molecule has 1 aromatic rings. The zero-order valence-corrected chi connectivity index (χ0v) is 11.4. The number of aryl methyl sites for hydroxylation is 1. The average Bonchev–Trinajstić information content (AvgIpc) is 2.29. The van der Waals surface area contributed by atoms with Gasteiger partial charge in [-0.05, 0) is 31.9 Å². The van der Waals surface area contributed by atoms with Gasteiger partial charge in [-0.3, -0.25) is 9.69 Å². The topological polar surface area (TPSA) is 40.5 Å². The van der Waals surface area contributed by atoms with Gasteiger partial charge in [-0.1, -0.05) is 29.8 Å². The molecule has 1 N–H and O–H groups in total. The molecule has 18 heavy (non-hydrogen) atoms. The number of carboxylic acids is 1. The molecule has 0 saturated carbocycles. The number of hydrogen-bond acceptors (Lipinski definition) is 2. The number of carboxylic acid groups (broad SMARTS) is 1. The maximum Gasteiger partial charge on any atom is 0.307 e. The molecule has 1 aliphatic rings. The third-order valence-electron chi connectivity index (χ3n) is 3.34. The van der Waals surface area contributed by atoms with Gasteiger partial charge in [0, 0.05) is 13.1 Å². The van der Waals surface area contributed by atoms with Crippen LogP contribution < -0.4 is 0 Å². The summed E-state index contributed by atoms with van der Waals surface area (Å²) in [7, 11) is 0. The number of halogens is 1. The molecule has 0 aromatic heterocycles. The van der Waals surface area contributed by atoms with Gasteiger partial charge in [-0.2, -0.15) is 0 Å². The first-order chi connectivity index (χ1) is 8.15. The second kappa shape index (κ2) is 6.76. The van der Waals surface area contributed by atoms with Crippen molar-refractivity contribution in [3.63, 3.8) is 0 Å². The van der Waals surface area contributed by atoms with Crippen LogP contribution in [-0.4, -0.2) is 29.1 Å². The summed E-state index contributed by atoms with van der Waals surface area (Å²) in [4.78, 5) is 13.2. The minimum absolute atomic E-state index is 0. The van der Waals surface area contributed by atoms with Gasteiger partial charge in [0.1, 0.15) is 0 Å². The van der Waals surface area contributed by atoms with Crippen molar-refractivity contribution >= 4 is 18.4 Å². The molecule has 100 valence electrons. The van der Waals surface area contributed by atoms with Crippen molar-refractivity contribution in [3.8, 4) is 0 Å². The third-order valence-corrected chi connectivity index (χ3v) is 3.34. The Hall–Kier alpha value is -1.06. The number of carbonyl (C=O) groups is 1. The van der Waals surface area contributed by atoms with E-state index >= 15 is 0 Å². The summed E-state index contributed by atoms with van der Waals surface area (Å²) in [5.74, 6) is -0.840. The molecule has 3 nitrogen and oxygen atoms in total. The fourth-order valence-electron chi connectivity index (χ4n) is 2.47. The van der Waals surface area contributed by atoms with Gasteiger partial charge in [-0.15, -0.1) is 12.4 Å². The third kappa shape index (κ3) is 4.00. The lowest BCUT2D eigenvalue weighted by Crippen LogP contribution is -2.38. The van der Waals surface area contributed by atoms with Crippen LogP contribution in [0.15, 0.2) is 24.3 Å². The lowest BCUT2D eigenvalue weighted by molar-refractivity contribution is -0.143. The van der Waals surface area contributed by atoms with E-state index in [1.165, 1.54) is 11.1 Å². The molecule has 0 radical (unpaired) electrons. The average molecular weight is 270 g/mol. The van der Waals surface area contributed by atoms with Crippen molar-refractivity contribution < 1.29 is 9.90 Å². The number of rotatable bonds is 3. The van der Waals surface area contributed by atoms with E-state index in [0.717, 1.165) is 25.9 Å². The predicted octanol–water partition coefficient (Wildman–Crippen LogP) is 2.71. The highest BCUT2D eigenvalue weighted by Crippen LogP contribution is 2.19. The van der Waals surface area contributed by atoms with E-state index in [1.54, 1.807) is 0 Å². The quantitative estimate of drug-likeness (QED) is 0.917. The van der Waals surface area contributed by atoms with Crippen molar-refractivity contribution in [2.75, 3.05) is 13.1 Å². The highest BCUT2D eigenvalue weighted by Gasteiger charge is 2.25. The van der Waals surface area contributed by atoms with Gasteiger partial charge >= 0.3 is 5.97 Å². The molecule has 1 aromatic carbocycles. The standard InChI is InChI=1S/C14H19NO2.ClH/c1-11-4-2-5-12(8-11)9-15-7-3-6-13(10-15)14(16)17;/h2,4-5,8,13H,3,6-7,9-10H2,1H3,(H,16,17);1H. The summed E-state index contributed by atoms with van der Waals surface area (Å²) in [5.41, 5.74) is 2.53. The summed E-state index contributed by atoms with van der Waals surface area (Å²) < 4.78 is 0. The van der Waals surface area contributed by atoms with Crippen molar-refractivity contribution in [2.24, 2.45) is 5.92 Å². The monoisotopic (exact) mass is 269 g/mol. The number of benzene rings is 1. The van der Waals surface area contributed by atoms with Crippen LogP contribution in [-0.2, 0) is 11.3 Å². The van der Waals surface area contributed by atoms with E-state index in [4.69, 9.17) is 5.11 Å². The van der Waals surface area contributed by atoms with E-state index in [9.17, 15) is 4.79 Å². The second-order valence-electron chi connectivity index (χ2n) is 4.90. The van der Waals surface area contributed by atoms with E-state index < -0.39 is 5.97 Å². The molecule has 1 saturated heterocycles.